The standard InChI is InChI=1S/C33H58N6O2.H2/c1-5-26(3)38-23-30-13-14-31(24-38)39(30)33-35-21-29(22-36-33)28-15-19-37(20-16-28)18-12-10-8-7-9-11-17-34-32(40)25-41-27(4)6-2;/h21-22,26-28,30-31H,5-20,23-25H2,1-4H3,(H,34,40);1H. The molecule has 1 amide bonds. The van der Waals surface area contributed by atoms with Gasteiger partial charge in [0, 0.05) is 51.6 Å². The molecule has 41 heavy (non-hydrogen) atoms. The normalized spacial score (nSPS) is 23.6. The van der Waals surface area contributed by atoms with Crippen LogP contribution in [0, 0.1) is 0 Å². The van der Waals surface area contributed by atoms with E-state index in [-0.39, 0.29) is 20.0 Å². The first kappa shape index (κ1) is 32.2. The molecule has 2 bridgehead atoms. The number of hydrogen-bond donors (Lipinski definition) is 1. The number of carbonyl (C=O) groups excluding carboxylic acids is 1. The number of likely N-dealkylation sites (tertiary alicyclic amines) is 2. The van der Waals surface area contributed by atoms with Crippen LogP contribution in [0.1, 0.15) is 118 Å². The molecule has 0 aliphatic carbocycles. The molecule has 234 valence electrons. The quantitative estimate of drug-likeness (QED) is 0.243. The molecule has 8 nitrogen and oxygen atoms in total. The number of ether oxygens (including phenoxy) is 1. The van der Waals surface area contributed by atoms with Crippen LogP contribution in [0.25, 0.3) is 0 Å². The van der Waals surface area contributed by atoms with Gasteiger partial charge in [0.15, 0.2) is 0 Å². The molecule has 4 rings (SSSR count). The number of hydrogen-bond acceptors (Lipinski definition) is 7. The highest BCUT2D eigenvalue weighted by Crippen LogP contribution is 2.35. The first-order valence-corrected chi connectivity index (χ1v) is 16.9. The van der Waals surface area contributed by atoms with E-state index in [0.717, 1.165) is 38.4 Å². The zero-order chi connectivity index (χ0) is 29.0. The van der Waals surface area contributed by atoms with Crippen LogP contribution >= 0.6 is 0 Å². The van der Waals surface area contributed by atoms with E-state index >= 15 is 0 Å². The molecular weight excluding hydrogens is 512 g/mol. The summed E-state index contributed by atoms with van der Waals surface area (Å²) in [6.45, 7) is 15.6. The lowest BCUT2D eigenvalue weighted by atomic mass is 9.91. The Hall–Kier alpha value is -1.77. The summed E-state index contributed by atoms with van der Waals surface area (Å²) >= 11 is 0. The van der Waals surface area contributed by atoms with E-state index in [4.69, 9.17) is 14.7 Å². The van der Waals surface area contributed by atoms with Crippen LogP contribution in [-0.4, -0.2) is 95.8 Å². The predicted molar refractivity (Wildman–Crippen MR) is 170 cm³/mol. The molecular formula is C33H60N6O2. The first-order valence-electron chi connectivity index (χ1n) is 16.9. The number of nitrogens with zero attached hydrogens (tertiary/aromatic N) is 5. The van der Waals surface area contributed by atoms with Crippen molar-refractivity contribution < 1.29 is 11.0 Å². The van der Waals surface area contributed by atoms with E-state index < -0.39 is 0 Å². The van der Waals surface area contributed by atoms with E-state index in [2.05, 4.69) is 53.2 Å². The van der Waals surface area contributed by atoms with Gasteiger partial charge in [-0.2, -0.15) is 0 Å². The third kappa shape index (κ3) is 9.62. The van der Waals surface area contributed by atoms with Crippen molar-refractivity contribution in [1.29, 1.82) is 0 Å². The molecule has 3 saturated heterocycles. The molecule has 4 atom stereocenters. The van der Waals surface area contributed by atoms with Crippen LogP contribution in [0.15, 0.2) is 12.4 Å². The summed E-state index contributed by atoms with van der Waals surface area (Å²) in [7, 11) is 0. The van der Waals surface area contributed by atoms with Gasteiger partial charge in [0.1, 0.15) is 6.61 Å². The Bertz CT molecular complexity index is 883. The highest BCUT2D eigenvalue weighted by atomic mass is 16.5. The number of rotatable bonds is 17. The van der Waals surface area contributed by atoms with Crippen molar-refractivity contribution in [3.8, 4) is 0 Å². The number of anilines is 1. The Kier molecular flexibility index (Phi) is 13.1. The van der Waals surface area contributed by atoms with Crippen LogP contribution in [0.3, 0.4) is 0 Å². The van der Waals surface area contributed by atoms with Crippen LogP contribution in [0.2, 0.25) is 0 Å². The second-order valence-electron chi connectivity index (χ2n) is 12.9. The average Bonchev–Trinajstić information content (AvgIpc) is 3.27. The topological polar surface area (TPSA) is 73.8 Å². The van der Waals surface area contributed by atoms with Gasteiger partial charge in [0.25, 0.3) is 0 Å². The Morgan fingerprint density at radius 3 is 2.22 bits per heavy atom. The summed E-state index contributed by atoms with van der Waals surface area (Å²) in [6, 6.07) is 1.82. The van der Waals surface area contributed by atoms with E-state index in [1.807, 2.05) is 6.92 Å². The van der Waals surface area contributed by atoms with Gasteiger partial charge in [-0.3, -0.25) is 9.69 Å². The summed E-state index contributed by atoms with van der Waals surface area (Å²) in [6.07, 6.45) is 19.0. The SMILES string of the molecule is CCC(C)OCC(=O)NCCCCCCCCN1CCC(c2cnc(N3C4CCC3CN(C(C)CC)C4)nc2)CC1.[HH]. The molecule has 3 aliphatic rings. The first-order chi connectivity index (χ1) is 20.0. The highest BCUT2D eigenvalue weighted by molar-refractivity contribution is 5.77. The van der Waals surface area contributed by atoms with Crippen LogP contribution < -0.4 is 10.2 Å². The number of unbranched alkanes of at least 4 members (excludes halogenated alkanes) is 5. The maximum absolute atomic E-state index is 11.8. The zero-order valence-electron chi connectivity index (χ0n) is 26.5. The van der Waals surface area contributed by atoms with Crippen molar-refractivity contribution in [3.63, 3.8) is 0 Å². The van der Waals surface area contributed by atoms with Crippen LogP contribution in [0.5, 0.6) is 0 Å². The summed E-state index contributed by atoms with van der Waals surface area (Å²) in [5.41, 5.74) is 1.33. The van der Waals surface area contributed by atoms with Crippen molar-refractivity contribution >= 4 is 11.9 Å². The van der Waals surface area contributed by atoms with Gasteiger partial charge in [-0.1, -0.05) is 39.5 Å². The summed E-state index contributed by atoms with van der Waals surface area (Å²) < 4.78 is 5.47. The largest absolute Gasteiger partial charge is 0.369 e. The fourth-order valence-corrected chi connectivity index (χ4v) is 6.83. The molecule has 1 aromatic rings. The Labute approximate surface area is 251 Å². The molecule has 4 heterocycles. The fourth-order valence-electron chi connectivity index (χ4n) is 6.83. The molecule has 0 saturated carbocycles. The molecule has 0 aromatic carbocycles. The van der Waals surface area contributed by atoms with Gasteiger partial charge in [0.05, 0.1) is 6.10 Å². The highest BCUT2D eigenvalue weighted by Gasteiger charge is 2.42. The molecule has 0 radical (unpaired) electrons. The van der Waals surface area contributed by atoms with Gasteiger partial charge in [-0.05, 0) is 96.3 Å². The van der Waals surface area contributed by atoms with Gasteiger partial charge in [-0.15, -0.1) is 0 Å². The van der Waals surface area contributed by atoms with Gasteiger partial charge in [0.2, 0.25) is 11.9 Å². The van der Waals surface area contributed by atoms with Gasteiger partial charge >= 0.3 is 0 Å². The summed E-state index contributed by atoms with van der Waals surface area (Å²) in [5, 5.41) is 2.97. The lowest BCUT2D eigenvalue weighted by Gasteiger charge is -2.43. The number of piperazine rings is 1. The maximum Gasteiger partial charge on any atom is 0.246 e. The summed E-state index contributed by atoms with van der Waals surface area (Å²) in [4.78, 5) is 29.4. The Balaban J connectivity index is 0.00000484. The van der Waals surface area contributed by atoms with E-state index in [9.17, 15) is 4.79 Å². The van der Waals surface area contributed by atoms with Crippen molar-refractivity contribution in [2.45, 2.75) is 135 Å². The molecule has 3 aliphatic heterocycles. The third-order valence-electron chi connectivity index (χ3n) is 9.97. The Morgan fingerprint density at radius 2 is 1.59 bits per heavy atom. The monoisotopic (exact) mass is 572 g/mol. The minimum Gasteiger partial charge on any atom is -0.369 e. The number of nitrogens with one attached hydrogen (secondary N) is 1. The van der Waals surface area contributed by atoms with Crippen molar-refractivity contribution in [2.24, 2.45) is 0 Å². The second-order valence-corrected chi connectivity index (χ2v) is 12.9. The molecule has 8 heteroatoms. The fraction of sp³-hybridized carbons (Fsp3) is 0.848. The Morgan fingerprint density at radius 1 is 0.951 bits per heavy atom. The van der Waals surface area contributed by atoms with E-state index in [1.165, 1.54) is 89.4 Å². The average molecular weight is 573 g/mol. The molecule has 1 aromatic heterocycles. The number of aromatic nitrogens is 2. The van der Waals surface area contributed by atoms with E-state index in [0.29, 0.717) is 24.0 Å². The number of fused-ring (bicyclic) bond motifs is 2. The number of amides is 1. The third-order valence-corrected chi connectivity index (χ3v) is 9.97. The molecule has 3 fully saturated rings. The van der Waals surface area contributed by atoms with Crippen molar-refractivity contribution in [2.75, 3.05) is 50.8 Å². The van der Waals surface area contributed by atoms with Crippen molar-refractivity contribution in [1.82, 2.24) is 25.1 Å². The second kappa shape index (κ2) is 16.8. The lowest BCUT2D eigenvalue weighted by molar-refractivity contribution is -0.127. The summed E-state index contributed by atoms with van der Waals surface area (Å²) in [5.74, 6) is 1.57. The molecule has 0 spiro atoms. The zero-order valence-corrected chi connectivity index (χ0v) is 26.5. The van der Waals surface area contributed by atoms with Crippen LogP contribution in [-0.2, 0) is 9.53 Å². The maximum atomic E-state index is 11.8. The predicted octanol–water partition coefficient (Wildman–Crippen LogP) is 5.63. The molecule has 4 unspecified atom stereocenters. The van der Waals surface area contributed by atoms with E-state index in [1.54, 1.807) is 0 Å². The van der Waals surface area contributed by atoms with Crippen LogP contribution in [0.4, 0.5) is 5.95 Å². The minimum atomic E-state index is 0. The smallest absolute Gasteiger partial charge is 0.246 e. The number of carbonyl (C=O) groups is 1. The van der Waals surface area contributed by atoms with Gasteiger partial charge < -0.3 is 19.9 Å². The van der Waals surface area contributed by atoms with Gasteiger partial charge in [-0.25, -0.2) is 9.97 Å². The minimum absolute atomic E-state index is 0. The lowest BCUT2D eigenvalue weighted by Crippen LogP contribution is -2.56. The molecule has 1 N–H and O–H groups in total. The van der Waals surface area contributed by atoms with Crippen molar-refractivity contribution in [3.05, 3.63) is 18.0 Å². The number of piperidine rings is 1.